The lowest BCUT2D eigenvalue weighted by atomic mass is 10.1. The summed E-state index contributed by atoms with van der Waals surface area (Å²) >= 11 is 0. The lowest BCUT2D eigenvalue weighted by molar-refractivity contribution is -0.346. The molecule has 0 N–H and O–H groups in total. The second kappa shape index (κ2) is 7.96. The zero-order valence-corrected chi connectivity index (χ0v) is 11.8. The van der Waals surface area contributed by atoms with Crippen molar-refractivity contribution in [2.75, 3.05) is 20.2 Å². The van der Waals surface area contributed by atoms with Gasteiger partial charge in [0, 0.05) is 13.7 Å². The maximum Gasteiger partial charge on any atom is 0.522 e. The number of likely N-dealkylation sites (N-methyl/N-ethyl adjacent to an activating group) is 1. The van der Waals surface area contributed by atoms with Crippen LogP contribution in [0.3, 0.4) is 0 Å². The van der Waals surface area contributed by atoms with Gasteiger partial charge in [-0.3, -0.25) is 9.64 Å². The van der Waals surface area contributed by atoms with E-state index in [-0.39, 0.29) is 12.1 Å². The predicted octanol–water partition coefficient (Wildman–Crippen LogP) is 3.05. The van der Waals surface area contributed by atoms with Crippen molar-refractivity contribution in [1.29, 1.82) is 0 Å². The maximum absolute atomic E-state index is 12.2. The highest BCUT2D eigenvalue weighted by Gasteiger charge is 2.44. The second-order valence-corrected chi connectivity index (χ2v) is 3.95. The molecule has 3 nitrogen and oxygen atoms in total. The Morgan fingerprint density at radius 3 is 2.28 bits per heavy atom. The zero-order valence-electron chi connectivity index (χ0n) is 11.8. The van der Waals surface area contributed by atoms with Crippen LogP contribution in [0.2, 0.25) is 0 Å². The molecule has 3 atom stereocenters. The van der Waals surface area contributed by atoms with Gasteiger partial charge in [-0.05, 0) is 19.9 Å². The third-order valence-corrected chi connectivity index (χ3v) is 3.05. The molecule has 0 bridgehead atoms. The quantitative estimate of drug-likeness (QED) is 0.784. The highest BCUT2D eigenvalue weighted by Crippen LogP contribution is 2.30. The first kappa shape index (κ1) is 17.7. The van der Waals surface area contributed by atoms with E-state index in [1.54, 1.807) is 6.92 Å². The molecule has 0 aromatic heterocycles. The molecule has 110 valence electrons. The van der Waals surface area contributed by atoms with Crippen molar-refractivity contribution in [3.8, 4) is 0 Å². The van der Waals surface area contributed by atoms with E-state index in [1.807, 2.05) is 25.7 Å². The number of rotatable bonds is 4. The number of alkyl halides is 3. The van der Waals surface area contributed by atoms with Crippen LogP contribution in [0.5, 0.6) is 0 Å². The average molecular weight is 271 g/mol. The summed E-state index contributed by atoms with van der Waals surface area (Å²) in [6.45, 7) is 9.02. The zero-order chi connectivity index (χ0) is 14.3. The van der Waals surface area contributed by atoms with Gasteiger partial charge >= 0.3 is 6.36 Å². The normalized spacial score (nSPS) is 26.7. The Balaban J connectivity index is 0.00000137. The lowest BCUT2D eigenvalue weighted by Gasteiger charge is -2.31. The van der Waals surface area contributed by atoms with Crippen molar-refractivity contribution in [2.24, 2.45) is 0 Å². The first-order valence-corrected chi connectivity index (χ1v) is 6.40. The summed E-state index contributed by atoms with van der Waals surface area (Å²) in [7, 11) is 1.50. The van der Waals surface area contributed by atoms with Crippen molar-refractivity contribution < 1.29 is 22.6 Å². The minimum absolute atomic E-state index is 0.269. The summed E-state index contributed by atoms with van der Waals surface area (Å²) < 4.78 is 45.9. The number of halogens is 3. The number of ether oxygens (including phenoxy) is 2. The van der Waals surface area contributed by atoms with Crippen LogP contribution in [0, 0.1) is 0 Å². The largest absolute Gasteiger partial charge is 0.522 e. The molecule has 0 aliphatic carbocycles. The lowest BCUT2D eigenvalue weighted by Crippen LogP contribution is -2.46. The second-order valence-electron chi connectivity index (χ2n) is 3.95. The Labute approximate surface area is 107 Å². The molecule has 0 spiro atoms. The van der Waals surface area contributed by atoms with E-state index in [1.165, 1.54) is 7.11 Å². The van der Waals surface area contributed by atoms with Crippen LogP contribution in [0.1, 0.15) is 34.1 Å². The molecule has 0 radical (unpaired) electrons. The number of hydrogen-bond donors (Lipinski definition) is 0. The Hall–Kier alpha value is -0.330. The van der Waals surface area contributed by atoms with Gasteiger partial charge in [-0.25, -0.2) is 0 Å². The van der Waals surface area contributed by atoms with Crippen LogP contribution < -0.4 is 0 Å². The van der Waals surface area contributed by atoms with Crippen molar-refractivity contribution in [1.82, 2.24) is 4.90 Å². The standard InChI is InChI=1S/C10H18F3NO2.C2H6/c1-4-14-6-5-8(16-10(11,12)13)9(14)7(2)15-3;1-2/h7-9H,4-6H2,1-3H3;1-2H3/t7-,8-,9+;/m0./s1. The number of likely N-dealkylation sites (tertiary alicyclic amines) is 1. The van der Waals surface area contributed by atoms with Gasteiger partial charge in [-0.2, -0.15) is 0 Å². The first-order chi connectivity index (χ1) is 8.39. The molecule has 1 aliphatic heterocycles. The van der Waals surface area contributed by atoms with Gasteiger partial charge in [0.25, 0.3) is 0 Å². The number of methoxy groups -OCH3 is 1. The highest BCUT2D eigenvalue weighted by atomic mass is 19.4. The van der Waals surface area contributed by atoms with E-state index in [9.17, 15) is 13.2 Å². The van der Waals surface area contributed by atoms with Gasteiger partial charge in [0.15, 0.2) is 0 Å². The van der Waals surface area contributed by atoms with Crippen molar-refractivity contribution in [3.63, 3.8) is 0 Å². The maximum atomic E-state index is 12.2. The monoisotopic (exact) mass is 271 g/mol. The molecule has 0 unspecified atom stereocenters. The Morgan fingerprint density at radius 1 is 1.33 bits per heavy atom. The van der Waals surface area contributed by atoms with Gasteiger partial charge in [-0.15, -0.1) is 13.2 Å². The molecule has 1 heterocycles. The van der Waals surface area contributed by atoms with E-state index in [4.69, 9.17) is 4.74 Å². The Bertz CT molecular complexity index is 224. The van der Waals surface area contributed by atoms with Gasteiger partial charge in [0.05, 0.1) is 18.2 Å². The summed E-state index contributed by atoms with van der Waals surface area (Å²) in [5, 5.41) is 0. The van der Waals surface area contributed by atoms with Crippen LogP contribution in [-0.2, 0) is 9.47 Å². The van der Waals surface area contributed by atoms with E-state index in [2.05, 4.69) is 4.74 Å². The van der Waals surface area contributed by atoms with E-state index < -0.39 is 12.5 Å². The molecule has 1 rings (SSSR count). The smallest absolute Gasteiger partial charge is 0.380 e. The molecule has 6 heteroatoms. The third-order valence-electron chi connectivity index (χ3n) is 3.05. The van der Waals surface area contributed by atoms with Gasteiger partial charge in [0.2, 0.25) is 0 Å². The Morgan fingerprint density at radius 2 is 1.89 bits per heavy atom. The molecule has 1 fully saturated rings. The molecular weight excluding hydrogens is 247 g/mol. The average Bonchev–Trinajstić information content (AvgIpc) is 2.71. The molecule has 1 saturated heterocycles. The third kappa shape index (κ3) is 5.12. The summed E-state index contributed by atoms with van der Waals surface area (Å²) in [4.78, 5) is 1.96. The fourth-order valence-electron chi connectivity index (χ4n) is 2.26. The molecule has 0 aromatic carbocycles. The van der Waals surface area contributed by atoms with Gasteiger partial charge < -0.3 is 4.74 Å². The molecule has 0 amide bonds. The van der Waals surface area contributed by atoms with Gasteiger partial charge in [0.1, 0.15) is 0 Å². The summed E-state index contributed by atoms with van der Waals surface area (Å²) in [6, 6.07) is -0.323. The molecule has 1 aliphatic rings. The summed E-state index contributed by atoms with van der Waals surface area (Å²) in [5.41, 5.74) is 0. The van der Waals surface area contributed by atoms with Crippen LogP contribution in [0.15, 0.2) is 0 Å². The number of nitrogens with zero attached hydrogens (tertiary/aromatic N) is 1. The Kier molecular flexibility index (Phi) is 7.82. The topological polar surface area (TPSA) is 21.7 Å². The number of hydrogen-bond acceptors (Lipinski definition) is 3. The summed E-state index contributed by atoms with van der Waals surface area (Å²) in [5.74, 6) is 0. The van der Waals surface area contributed by atoms with Gasteiger partial charge in [-0.1, -0.05) is 20.8 Å². The van der Waals surface area contributed by atoms with Crippen LogP contribution >= 0.6 is 0 Å². The van der Waals surface area contributed by atoms with Crippen LogP contribution in [-0.4, -0.2) is 49.7 Å². The van der Waals surface area contributed by atoms with E-state index in [0.717, 1.165) is 0 Å². The SMILES string of the molecule is CC.CCN1CC[C@H](OC(F)(F)F)[C@H]1[C@H](C)OC. The molecule has 0 aromatic rings. The molecule has 0 saturated carbocycles. The fourth-order valence-corrected chi connectivity index (χ4v) is 2.26. The molecule has 18 heavy (non-hydrogen) atoms. The van der Waals surface area contributed by atoms with Crippen LogP contribution in [0.4, 0.5) is 13.2 Å². The van der Waals surface area contributed by atoms with Crippen molar-refractivity contribution in [3.05, 3.63) is 0 Å². The first-order valence-electron chi connectivity index (χ1n) is 6.40. The molecular formula is C12H24F3NO2. The fraction of sp³-hybridized carbons (Fsp3) is 1.00. The minimum atomic E-state index is -4.57. The highest BCUT2D eigenvalue weighted by molar-refractivity contribution is 4.91. The predicted molar refractivity (Wildman–Crippen MR) is 64.4 cm³/mol. The van der Waals surface area contributed by atoms with Crippen LogP contribution in [0.25, 0.3) is 0 Å². The summed E-state index contributed by atoms with van der Waals surface area (Å²) in [6.07, 6.45) is -5.27. The van der Waals surface area contributed by atoms with E-state index >= 15 is 0 Å². The van der Waals surface area contributed by atoms with Crippen molar-refractivity contribution >= 4 is 0 Å². The van der Waals surface area contributed by atoms with Crippen molar-refractivity contribution in [2.45, 2.75) is 58.7 Å². The van der Waals surface area contributed by atoms with E-state index in [0.29, 0.717) is 19.5 Å². The minimum Gasteiger partial charge on any atom is -0.380 e.